The van der Waals surface area contributed by atoms with E-state index in [2.05, 4.69) is 20.1 Å². The summed E-state index contributed by atoms with van der Waals surface area (Å²) in [7, 11) is 0. The molecule has 0 amide bonds. The number of pyridine rings is 1. The molecule has 1 atom stereocenters. The van der Waals surface area contributed by atoms with Gasteiger partial charge in [-0.1, -0.05) is 29.8 Å². The van der Waals surface area contributed by atoms with Crippen LogP contribution in [0.1, 0.15) is 37.9 Å². The molecule has 4 N–H and O–H groups in total. The van der Waals surface area contributed by atoms with E-state index >= 15 is 0 Å². The highest BCUT2D eigenvalue weighted by molar-refractivity contribution is 6.29. The zero-order valence-corrected chi connectivity index (χ0v) is 18.6. The Morgan fingerprint density at radius 1 is 1.25 bits per heavy atom. The minimum atomic E-state index is -1.01. The van der Waals surface area contributed by atoms with Gasteiger partial charge in [0, 0.05) is 23.0 Å². The van der Waals surface area contributed by atoms with Gasteiger partial charge in [0.25, 0.3) is 0 Å². The van der Waals surface area contributed by atoms with Crippen LogP contribution in [0.15, 0.2) is 48.8 Å². The third kappa shape index (κ3) is 3.96. The molecule has 3 aromatic heterocycles. The summed E-state index contributed by atoms with van der Waals surface area (Å²) in [5.41, 5.74) is 9.21. The molecule has 0 aliphatic carbocycles. The lowest BCUT2D eigenvalue weighted by Crippen LogP contribution is -2.16. The fourth-order valence-electron chi connectivity index (χ4n) is 3.48. The van der Waals surface area contributed by atoms with E-state index in [1.807, 2.05) is 37.3 Å². The lowest BCUT2D eigenvalue weighted by molar-refractivity contribution is 0.0786. The molecule has 8 nitrogen and oxygen atoms in total. The van der Waals surface area contributed by atoms with Crippen LogP contribution >= 0.6 is 11.6 Å². The number of nitrogen functional groups attached to an aromatic ring is 1. The van der Waals surface area contributed by atoms with Crippen LogP contribution in [0, 0.1) is 6.57 Å². The number of nitrogens with two attached hydrogens (primary N) is 1. The van der Waals surface area contributed by atoms with Crippen molar-refractivity contribution in [3.8, 4) is 11.3 Å². The molecule has 3 heterocycles. The number of aliphatic hydroxyl groups is 1. The second-order valence-electron chi connectivity index (χ2n) is 8.01. The van der Waals surface area contributed by atoms with Crippen molar-refractivity contribution in [3.05, 3.63) is 76.5 Å². The fraction of sp³-hybridized carbons (Fsp3) is 0.217. The van der Waals surface area contributed by atoms with Crippen molar-refractivity contribution < 1.29 is 5.11 Å². The topological polar surface area (TPSA) is 106 Å². The first-order chi connectivity index (χ1) is 15.2. The Balaban J connectivity index is 1.86. The fourth-order valence-corrected chi connectivity index (χ4v) is 3.65. The molecule has 0 saturated carbocycles. The number of nitrogens with zero attached hydrogens (tertiary/aromatic N) is 5. The van der Waals surface area contributed by atoms with Gasteiger partial charge in [0.15, 0.2) is 10.8 Å². The quantitative estimate of drug-likeness (QED) is 0.372. The van der Waals surface area contributed by atoms with Crippen molar-refractivity contribution in [2.24, 2.45) is 0 Å². The molecule has 0 spiro atoms. The molecular formula is C23H22ClN7O. The predicted molar refractivity (Wildman–Crippen MR) is 126 cm³/mol. The van der Waals surface area contributed by atoms with E-state index in [1.165, 1.54) is 0 Å². The first kappa shape index (κ1) is 21.6. The van der Waals surface area contributed by atoms with Crippen molar-refractivity contribution in [1.82, 2.24) is 19.6 Å². The lowest BCUT2D eigenvalue weighted by Gasteiger charge is -2.21. The summed E-state index contributed by atoms with van der Waals surface area (Å²) in [5.74, 6) is 0.393. The maximum atomic E-state index is 10.5. The van der Waals surface area contributed by atoms with Gasteiger partial charge in [0.2, 0.25) is 5.69 Å². The van der Waals surface area contributed by atoms with Gasteiger partial charge in [-0.25, -0.2) is 14.3 Å². The van der Waals surface area contributed by atoms with Crippen molar-refractivity contribution in [3.63, 3.8) is 0 Å². The van der Waals surface area contributed by atoms with Crippen LogP contribution < -0.4 is 11.1 Å². The minimum Gasteiger partial charge on any atom is -0.407 e. The first-order valence-electron chi connectivity index (χ1n) is 9.95. The lowest BCUT2D eigenvalue weighted by atomic mass is 9.94. The Hall–Kier alpha value is -3.67. The van der Waals surface area contributed by atoms with Crippen LogP contribution in [0.25, 0.3) is 21.7 Å². The van der Waals surface area contributed by atoms with Gasteiger partial charge >= 0.3 is 0 Å². The van der Waals surface area contributed by atoms with Crippen molar-refractivity contribution in [2.75, 3.05) is 11.1 Å². The Morgan fingerprint density at radius 3 is 2.75 bits per heavy atom. The molecule has 4 rings (SSSR count). The number of nitrogens with one attached hydrogen (secondary N) is 1. The number of halogens is 1. The molecule has 0 bridgehead atoms. The SMILES string of the molecule is [C-]#[N+]c1c(N)ccnc1N[C@H](C)c1cc2ncc(Cl)n2nc1-c1cccc(C(C)(C)O)c1. The Labute approximate surface area is 190 Å². The molecule has 0 radical (unpaired) electrons. The molecule has 0 saturated heterocycles. The number of hydrogen-bond acceptors (Lipinski definition) is 6. The van der Waals surface area contributed by atoms with E-state index < -0.39 is 5.60 Å². The molecule has 162 valence electrons. The van der Waals surface area contributed by atoms with Gasteiger partial charge in [-0.05, 0) is 44.5 Å². The third-order valence-corrected chi connectivity index (χ3v) is 5.47. The van der Waals surface area contributed by atoms with E-state index in [4.69, 9.17) is 29.0 Å². The molecule has 0 unspecified atom stereocenters. The van der Waals surface area contributed by atoms with E-state index in [0.29, 0.717) is 28.0 Å². The maximum Gasteiger partial charge on any atom is 0.250 e. The smallest absolute Gasteiger partial charge is 0.250 e. The normalized spacial score (nSPS) is 12.5. The average molecular weight is 448 g/mol. The van der Waals surface area contributed by atoms with E-state index in [1.54, 1.807) is 36.8 Å². The summed E-state index contributed by atoms with van der Waals surface area (Å²) in [6, 6.07) is 10.8. The zero-order chi connectivity index (χ0) is 23.0. The second kappa shape index (κ2) is 8.11. The number of aromatic nitrogens is 4. The monoisotopic (exact) mass is 447 g/mol. The Bertz CT molecular complexity index is 1350. The van der Waals surface area contributed by atoms with Gasteiger partial charge in [-0.2, -0.15) is 5.10 Å². The molecular weight excluding hydrogens is 426 g/mol. The maximum absolute atomic E-state index is 10.5. The summed E-state index contributed by atoms with van der Waals surface area (Å²) in [4.78, 5) is 12.1. The first-order valence-corrected chi connectivity index (χ1v) is 10.3. The van der Waals surface area contributed by atoms with Gasteiger partial charge in [0.1, 0.15) is 5.82 Å². The highest BCUT2D eigenvalue weighted by Gasteiger charge is 2.21. The highest BCUT2D eigenvalue weighted by Crippen LogP contribution is 2.35. The van der Waals surface area contributed by atoms with Crippen molar-refractivity contribution in [1.29, 1.82) is 0 Å². The molecule has 32 heavy (non-hydrogen) atoms. The van der Waals surface area contributed by atoms with E-state index in [0.717, 1.165) is 16.7 Å². The molecule has 4 aromatic rings. The van der Waals surface area contributed by atoms with Gasteiger partial charge in [0.05, 0.1) is 30.1 Å². The summed E-state index contributed by atoms with van der Waals surface area (Å²) in [5, 5.41) is 18.9. The third-order valence-electron chi connectivity index (χ3n) is 5.21. The number of imidazole rings is 1. The number of rotatable bonds is 5. The standard InChI is InChI=1S/C23H22ClN7O/c1-13(29-22-21(26-4)17(25)8-9-27-22)16-11-19-28-12-18(24)31(19)30-20(16)14-6-5-7-15(10-14)23(2,3)32/h5-13,32H,1-3H3,(H3,25,27,29)/t13-/m1/s1. The van der Waals surface area contributed by atoms with Crippen LogP contribution in [-0.4, -0.2) is 24.7 Å². The van der Waals surface area contributed by atoms with E-state index in [9.17, 15) is 5.11 Å². The van der Waals surface area contributed by atoms with Crippen LogP contribution in [0.5, 0.6) is 0 Å². The number of hydrogen-bond donors (Lipinski definition) is 3. The molecule has 0 aliphatic rings. The van der Waals surface area contributed by atoms with Crippen LogP contribution in [-0.2, 0) is 5.60 Å². The second-order valence-corrected chi connectivity index (χ2v) is 8.40. The number of anilines is 2. The minimum absolute atomic E-state index is 0.267. The van der Waals surface area contributed by atoms with Gasteiger partial charge in [-0.15, -0.1) is 0 Å². The van der Waals surface area contributed by atoms with Crippen LogP contribution in [0.2, 0.25) is 5.15 Å². The molecule has 9 heteroatoms. The largest absolute Gasteiger partial charge is 0.407 e. The highest BCUT2D eigenvalue weighted by atomic mass is 35.5. The predicted octanol–water partition coefficient (Wildman–Crippen LogP) is 4.98. The summed E-state index contributed by atoms with van der Waals surface area (Å²) < 4.78 is 1.56. The Kier molecular flexibility index (Phi) is 5.46. The summed E-state index contributed by atoms with van der Waals surface area (Å²) in [6.45, 7) is 12.9. The average Bonchev–Trinajstić information content (AvgIpc) is 3.12. The molecule has 0 aliphatic heterocycles. The van der Waals surface area contributed by atoms with Crippen LogP contribution in [0.4, 0.5) is 17.2 Å². The number of benzene rings is 1. The number of fused-ring (bicyclic) bond motifs is 1. The van der Waals surface area contributed by atoms with Gasteiger partial charge in [-0.3, -0.25) is 4.98 Å². The summed E-state index contributed by atoms with van der Waals surface area (Å²) in [6.07, 6.45) is 3.10. The van der Waals surface area contributed by atoms with Crippen molar-refractivity contribution >= 4 is 34.4 Å². The Morgan fingerprint density at radius 2 is 2.03 bits per heavy atom. The molecule has 1 aromatic carbocycles. The van der Waals surface area contributed by atoms with Crippen LogP contribution in [0.3, 0.4) is 0 Å². The summed E-state index contributed by atoms with van der Waals surface area (Å²) >= 11 is 6.28. The van der Waals surface area contributed by atoms with E-state index in [-0.39, 0.29) is 11.7 Å². The van der Waals surface area contributed by atoms with Crippen molar-refractivity contribution in [2.45, 2.75) is 32.4 Å². The molecule has 0 fully saturated rings. The zero-order valence-electron chi connectivity index (χ0n) is 17.8. The van der Waals surface area contributed by atoms with Gasteiger partial charge < -0.3 is 16.2 Å².